The molecule has 1 saturated heterocycles. The van der Waals surface area contributed by atoms with Crippen LogP contribution in [0.4, 0.5) is 0 Å². The van der Waals surface area contributed by atoms with Gasteiger partial charge in [0.1, 0.15) is 12.2 Å². The lowest BCUT2D eigenvalue weighted by Crippen LogP contribution is -2.58. The van der Waals surface area contributed by atoms with Gasteiger partial charge in [-0.25, -0.2) is 0 Å². The van der Waals surface area contributed by atoms with Gasteiger partial charge in [-0.2, -0.15) is 4.74 Å². The van der Waals surface area contributed by atoms with Crippen LogP contribution in [-0.2, 0) is 38.8 Å². The summed E-state index contributed by atoms with van der Waals surface area (Å²) in [5, 5.41) is 13.5. The van der Waals surface area contributed by atoms with Gasteiger partial charge in [0.25, 0.3) is 6.23 Å². The molecule has 0 saturated carbocycles. The molecule has 6 heteroatoms. The normalized spacial score (nSPS) is 21.5. The van der Waals surface area contributed by atoms with Crippen molar-refractivity contribution in [3.63, 3.8) is 0 Å². The highest BCUT2D eigenvalue weighted by atomic mass is 16.6. The van der Waals surface area contributed by atoms with Crippen molar-refractivity contribution < 1.29 is 23.7 Å². The van der Waals surface area contributed by atoms with E-state index >= 15 is 0 Å². The first-order chi connectivity index (χ1) is 19.3. The summed E-state index contributed by atoms with van der Waals surface area (Å²) in [6.45, 7) is 1.26. The maximum absolute atomic E-state index is 13.5. The molecule has 6 nitrogen and oxygen atoms in total. The second-order valence-corrected chi connectivity index (χ2v) is 9.48. The van der Waals surface area contributed by atoms with Gasteiger partial charge < -0.3 is 24.2 Å². The SMILES string of the molecule is [O-]/[N+](=C/c1ccccc1)[C@@H]1OC[C@@H](OCc2ccccc2)[C@H](OCc2ccccc2)[C@H]1OCc1ccccc1. The van der Waals surface area contributed by atoms with E-state index in [1.807, 2.05) is 121 Å². The molecule has 5 rings (SSSR count). The van der Waals surface area contributed by atoms with Crippen LogP contribution in [0.1, 0.15) is 22.3 Å². The molecular weight excluding hydrogens is 490 g/mol. The molecule has 0 aromatic heterocycles. The van der Waals surface area contributed by atoms with Crippen LogP contribution in [0.15, 0.2) is 121 Å². The Morgan fingerprint density at radius 2 is 1.05 bits per heavy atom. The van der Waals surface area contributed by atoms with Crippen molar-refractivity contribution in [1.82, 2.24) is 0 Å². The van der Waals surface area contributed by atoms with Gasteiger partial charge in [0, 0.05) is 5.56 Å². The summed E-state index contributed by atoms with van der Waals surface area (Å²) in [7, 11) is 0. The predicted molar refractivity (Wildman–Crippen MR) is 150 cm³/mol. The predicted octanol–water partition coefficient (Wildman–Crippen LogP) is 5.73. The van der Waals surface area contributed by atoms with E-state index in [9.17, 15) is 5.21 Å². The zero-order valence-corrected chi connectivity index (χ0v) is 21.8. The van der Waals surface area contributed by atoms with Gasteiger partial charge in [-0.3, -0.25) is 0 Å². The summed E-state index contributed by atoms with van der Waals surface area (Å²) < 4.78 is 26.2. The number of hydrogen-bond acceptors (Lipinski definition) is 5. The van der Waals surface area contributed by atoms with Crippen molar-refractivity contribution in [2.45, 2.75) is 44.4 Å². The zero-order valence-electron chi connectivity index (χ0n) is 21.8. The third-order valence-corrected chi connectivity index (χ3v) is 6.61. The maximum Gasteiger partial charge on any atom is 0.297 e. The summed E-state index contributed by atoms with van der Waals surface area (Å²) in [6, 6.07) is 39.3. The Balaban J connectivity index is 1.42. The number of ether oxygens (including phenoxy) is 4. The third-order valence-electron chi connectivity index (χ3n) is 6.61. The highest BCUT2D eigenvalue weighted by Gasteiger charge is 2.47. The molecular formula is C33H33NO5. The summed E-state index contributed by atoms with van der Waals surface area (Å²) in [4.78, 5) is 0. The van der Waals surface area contributed by atoms with E-state index in [0.717, 1.165) is 27.0 Å². The van der Waals surface area contributed by atoms with Crippen molar-refractivity contribution in [1.29, 1.82) is 0 Å². The van der Waals surface area contributed by atoms with Crippen LogP contribution < -0.4 is 0 Å². The Hall–Kier alpha value is -3.81. The Morgan fingerprint density at radius 3 is 1.56 bits per heavy atom. The van der Waals surface area contributed by atoms with E-state index in [2.05, 4.69) is 0 Å². The van der Waals surface area contributed by atoms with Gasteiger partial charge in [0.2, 0.25) is 0 Å². The van der Waals surface area contributed by atoms with Crippen LogP contribution in [-0.4, -0.2) is 42.1 Å². The molecule has 0 radical (unpaired) electrons. The topological polar surface area (TPSA) is 63.0 Å². The van der Waals surface area contributed by atoms with Crippen molar-refractivity contribution in [2.24, 2.45) is 0 Å². The average Bonchev–Trinajstić information content (AvgIpc) is 3.00. The molecule has 1 aliphatic heterocycles. The average molecular weight is 524 g/mol. The second kappa shape index (κ2) is 13.8. The molecule has 1 fully saturated rings. The minimum atomic E-state index is -0.911. The van der Waals surface area contributed by atoms with Crippen molar-refractivity contribution in [2.75, 3.05) is 6.61 Å². The molecule has 4 aromatic carbocycles. The smallest absolute Gasteiger partial charge is 0.297 e. The molecule has 0 unspecified atom stereocenters. The fourth-order valence-corrected chi connectivity index (χ4v) is 4.57. The number of hydrogen-bond donors (Lipinski definition) is 0. The first-order valence-electron chi connectivity index (χ1n) is 13.2. The second-order valence-electron chi connectivity index (χ2n) is 9.48. The molecule has 0 N–H and O–H groups in total. The van der Waals surface area contributed by atoms with Crippen LogP contribution in [0, 0.1) is 5.21 Å². The van der Waals surface area contributed by atoms with Crippen molar-refractivity contribution >= 4 is 6.21 Å². The lowest BCUT2D eigenvalue weighted by atomic mass is 10.0. The third kappa shape index (κ3) is 7.62. The molecule has 1 heterocycles. The van der Waals surface area contributed by atoms with E-state index < -0.39 is 24.5 Å². The Bertz CT molecular complexity index is 1290. The maximum atomic E-state index is 13.5. The van der Waals surface area contributed by atoms with Gasteiger partial charge in [-0.05, 0) is 28.8 Å². The standard InChI is InChI=1S/C33H33NO5/c35-34(21-26-13-5-1-6-14-26)33-32(38-24-29-19-11-4-12-20-29)31(37-23-28-17-9-3-10-18-28)30(25-39-33)36-22-27-15-7-2-8-16-27/h1-21,30-33H,22-25H2/b34-21+/t30-,31+,32-,33-/m1/s1. The zero-order chi connectivity index (χ0) is 26.7. The van der Waals surface area contributed by atoms with E-state index in [4.69, 9.17) is 18.9 Å². The van der Waals surface area contributed by atoms with Crippen molar-refractivity contribution in [3.05, 3.63) is 149 Å². The molecule has 0 aliphatic carbocycles. The molecule has 1 aliphatic rings. The summed E-state index contributed by atoms with van der Waals surface area (Å²) in [6.07, 6.45) is -1.07. The van der Waals surface area contributed by atoms with E-state index in [0.29, 0.717) is 19.8 Å². The number of benzene rings is 4. The largest absolute Gasteiger partial charge is 0.622 e. The van der Waals surface area contributed by atoms with E-state index in [-0.39, 0.29) is 6.61 Å². The van der Waals surface area contributed by atoms with Gasteiger partial charge >= 0.3 is 0 Å². The Kier molecular flexibility index (Phi) is 9.50. The highest BCUT2D eigenvalue weighted by Crippen LogP contribution is 2.27. The van der Waals surface area contributed by atoms with Crippen LogP contribution >= 0.6 is 0 Å². The molecule has 0 spiro atoms. The summed E-state index contributed by atoms with van der Waals surface area (Å²) in [5.74, 6) is 0. The monoisotopic (exact) mass is 523 g/mol. The minimum Gasteiger partial charge on any atom is -0.622 e. The first-order valence-corrected chi connectivity index (χ1v) is 13.2. The van der Waals surface area contributed by atoms with E-state index in [1.165, 1.54) is 6.21 Å². The van der Waals surface area contributed by atoms with Gasteiger partial charge in [0.15, 0.2) is 12.3 Å². The van der Waals surface area contributed by atoms with Crippen LogP contribution in [0.5, 0.6) is 0 Å². The fraction of sp³-hybridized carbons (Fsp3) is 0.242. The Morgan fingerprint density at radius 1 is 0.615 bits per heavy atom. The molecule has 4 atom stereocenters. The van der Waals surface area contributed by atoms with Crippen LogP contribution in [0.25, 0.3) is 0 Å². The van der Waals surface area contributed by atoms with Gasteiger partial charge in [-0.1, -0.05) is 109 Å². The number of hydroxylamine groups is 1. The van der Waals surface area contributed by atoms with E-state index in [1.54, 1.807) is 0 Å². The number of nitrogens with zero attached hydrogens (tertiary/aromatic N) is 1. The number of rotatable bonds is 11. The van der Waals surface area contributed by atoms with Crippen LogP contribution in [0.3, 0.4) is 0 Å². The minimum absolute atomic E-state index is 0.198. The van der Waals surface area contributed by atoms with Gasteiger partial charge in [0.05, 0.1) is 26.4 Å². The Labute approximate surface area is 229 Å². The van der Waals surface area contributed by atoms with Gasteiger partial charge in [-0.15, -0.1) is 0 Å². The molecule has 0 amide bonds. The first kappa shape index (κ1) is 26.8. The summed E-state index contributed by atoms with van der Waals surface area (Å²) in [5.41, 5.74) is 3.85. The fourth-order valence-electron chi connectivity index (χ4n) is 4.57. The molecule has 4 aromatic rings. The molecule has 39 heavy (non-hydrogen) atoms. The quantitative estimate of drug-likeness (QED) is 0.109. The highest BCUT2D eigenvalue weighted by molar-refractivity contribution is 5.75. The van der Waals surface area contributed by atoms with Crippen LogP contribution in [0.2, 0.25) is 0 Å². The molecule has 0 bridgehead atoms. The molecule has 200 valence electrons. The lowest BCUT2D eigenvalue weighted by molar-refractivity contribution is -0.580. The summed E-state index contributed by atoms with van der Waals surface area (Å²) >= 11 is 0. The lowest BCUT2D eigenvalue weighted by Gasteiger charge is -2.40. The van der Waals surface area contributed by atoms with Crippen molar-refractivity contribution in [3.8, 4) is 0 Å².